The Morgan fingerprint density at radius 3 is 3.00 bits per heavy atom. The van der Waals surface area contributed by atoms with Crippen LogP contribution in [0.1, 0.15) is 22.4 Å². The van der Waals surface area contributed by atoms with Crippen LogP contribution in [0.25, 0.3) is 11.6 Å². The molecule has 3 heterocycles. The van der Waals surface area contributed by atoms with E-state index in [1.54, 1.807) is 31.4 Å². The molecule has 0 aliphatic carbocycles. The molecule has 3 aromatic rings. The molecular weight excluding hydrogens is 321 g/mol. The molecule has 1 aliphatic heterocycles. The summed E-state index contributed by atoms with van der Waals surface area (Å²) < 4.78 is 19.0. The Morgan fingerprint density at radius 1 is 1.32 bits per heavy atom. The second-order valence-corrected chi connectivity index (χ2v) is 6.30. The topological polar surface area (TPSA) is 62.1 Å². The Kier molecular flexibility index (Phi) is 3.97. The van der Waals surface area contributed by atoms with Crippen LogP contribution in [-0.2, 0) is 19.5 Å². The van der Waals surface area contributed by atoms with E-state index in [1.807, 2.05) is 6.07 Å². The van der Waals surface area contributed by atoms with Crippen LogP contribution in [0.15, 0.2) is 45.8 Å². The number of halogens is 1. The van der Waals surface area contributed by atoms with Gasteiger partial charge in [0.05, 0.1) is 17.5 Å². The smallest absolute Gasteiger partial charge is 0.256 e. The minimum atomic E-state index is -0.197. The molecule has 4 rings (SSSR count). The summed E-state index contributed by atoms with van der Waals surface area (Å²) >= 11 is 0. The summed E-state index contributed by atoms with van der Waals surface area (Å²) in [5, 5.41) is 0. The average molecular weight is 339 g/mol. The van der Waals surface area contributed by atoms with Crippen LogP contribution in [0.3, 0.4) is 0 Å². The molecule has 0 unspecified atom stereocenters. The van der Waals surface area contributed by atoms with E-state index in [0.717, 1.165) is 17.8 Å². The molecule has 25 heavy (non-hydrogen) atoms. The normalized spacial score (nSPS) is 14.5. The number of H-pyrrole nitrogens is 1. The van der Waals surface area contributed by atoms with E-state index in [4.69, 9.17) is 4.42 Å². The highest BCUT2D eigenvalue weighted by molar-refractivity contribution is 5.47. The Labute approximate surface area is 144 Å². The van der Waals surface area contributed by atoms with Gasteiger partial charge < -0.3 is 9.40 Å². The van der Waals surface area contributed by atoms with Gasteiger partial charge in [0.2, 0.25) is 0 Å². The van der Waals surface area contributed by atoms with Crippen LogP contribution in [0, 0.1) is 12.7 Å². The molecular formula is C19H18FN3O2. The average Bonchev–Trinajstić information content (AvgIpc) is 3.14. The lowest BCUT2D eigenvalue weighted by Crippen LogP contribution is -2.35. The van der Waals surface area contributed by atoms with E-state index >= 15 is 0 Å². The van der Waals surface area contributed by atoms with Crippen LogP contribution >= 0.6 is 0 Å². The third-order valence-electron chi connectivity index (χ3n) is 4.68. The first-order chi connectivity index (χ1) is 12.1. The standard InChI is InChI=1S/C19H18FN3O2/c1-12-13(4-2-5-15(12)20)10-23-8-7-16-14(11-23)19(24)22-18(21-16)17-6-3-9-25-17/h2-6,9H,7-8,10-11H2,1H3,(H,21,22,24). The van der Waals surface area contributed by atoms with Crippen LogP contribution < -0.4 is 5.56 Å². The lowest BCUT2D eigenvalue weighted by atomic mass is 10.0. The Morgan fingerprint density at radius 2 is 2.20 bits per heavy atom. The van der Waals surface area contributed by atoms with Crippen molar-refractivity contribution in [3.8, 4) is 11.6 Å². The van der Waals surface area contributed by atoms with Crippen LogP contribution in [0.5, 0.6) is 0 Å². The molecule has 0 saturated carbocycles. The zero-order valence-corrected chi connectivity index (χ0v) is 13.9. The Hall–Kier alpha value is -2.73. The van der Waals surface area contributed by atoms with E-state index in [0.29, 0.717) is 42.2 Å². The number of hydrogen-bond donors (Lipinski definition) is 1. The molecule has 2 aromatic heterocycles. The van der Waals surface area contributed by atoms with Crippen molar-refractivity contribution in [3.63, 3.8) is 0 Å². The molecule has 1 aliphatic rings. The minimum Gasteiger partial charge on any atom is -0.461 e. The van der Waals surface area contributed by atoms with Crippen LogP contribution in [-0.4, -0.2) is 21.4 Å². The highest BCUT2D eigenvalue weighted by atomic mass is 19.1. The monoisotopic (exact) mass is 339 g/mol. The quantitative estimate of drug-likeness (QED) is 0.797. The molecule has 0 spiro atoms. The lowest BCUT2D eigenvalue weighted by Gasteiger charge is -2.28. The first kappa shape index (κ1) is 15.8. The molecule has 0 atom stereocenters. The fourth-order valence-corrected chi connectivity index (χ4v) is 3.21. The van der Waals surface area contributed by atoms with Gasteiger partial charge in [-0.25, -0.2) is 9.37 Å². The molecule has 1 aromatic carbocycles. The van der Waals surface area contributed by atoms with Crippen LogP contribution in [0.2, 0.25) is 0 Å². The SMILES string of the molecule is Cc1c(F)cccc1CN1CCc2nc(-c3ccco3)[nH]c(=O)c2C1. The van der Waals surface area contributed by atoms with Crippen molar-refractivity contribution in [2.75, 3.05) is 6.54 Å². The zero-order chi connectivity index (χ0) is 17.4. The van der Waals surface area contributed by atoms with Gasteiger partial charge in [0.1, 0.15) is 5.82 Å². The van der Waals surface area contributed by atoms with Gasteiger partial charge in [0.15, 0.2) is 11.6 Å². The number of fused-ring (bicyclic) bond motifs is 1. The number of nitrogens with zero attached hydrogens (tertiary/aromatic N) is 2. The second-order valence-electron chi connectivity index (χ2n) is 6.30. The zero-order valence-electron chi connectivity index (χ0n) is 13.9. The first-order valence-corrected chi connectivity index (χ1v) is 8.24. The van der Waals surface area contributed by atoms with Gasteiger partial charge in [-0.3, -0.25) is 9.69 Å². The summed E-state index contributed by atoms with van der Waals surface area (Å²) in [4.78, 5) is 22.0. The lowest BCUT2D eigenvalue weighted by molar-refractivity contribution is 0.241. The number of aromatic nitrogens is 2. The highest BCUT2D eigenvalue weighted by Crippen LogP contribution is 2.21. The number of furan rings is 1. The van der Waals surface area contributed by atoms with Crippen molar-refractivity contribution in [1.29, 1.82) is 0 Å². The van der Waals surface area contributed by atoms with E-state index in [1.165, 1.54) is 6.07 Å². The number of hydrogen-bond acceptors (Lipinski definition) is 4. The van der Waals surface area contributed by atoms with Crippen molar-refractivity contribution < 1.29 is 8.81 Å². The van der Waals surface area contributed by atoms with Gasteiger partial charge in [0.25, 0.3) is 5.56 Å². The van der Waals surface area contributed by atoms with E-state index in [9.17, 15) is 9.18 Å². The summed E-state index contributed by atoms with van der Waals surface area (Å²) in [6.45, 7) is 3.68. The summed E-state index contributed by atoms with van der Waals surface area (Å²) in [7, 11) is 0. The number of nitrogens with one attached hydrogen (secondary N) is 1. The van der Waals surface area contributed by atoms with E-state index in [-0.39, 0.29) is 11.4 Å². The fraction of sp³-hybridized carbons (Fsp3) is 0.263. The fourth-order valence-electron chi connectivity index (χ4n) is 3.21. The van der Waals surface area contributed by atoms with Crippen molar-refractivity contribution >= 4 is 0 Å². The summed E-state index contributed by atoms with van der Waals surface area (Å²) in [6.07, 6.45) is 2.24. The number of rotatable bonds is 3. The second kappa shape index (κ2) is 6.29. The molecule has 128 valence electrons. The van der Waals surface area contributed by atoms with Crippen molar-refractivity contribution in [2.45, 2.75) is 26.4 Å². The first-order valence-electron chi connectivity index (χ1n) is 8.24. The molecule has 5 nitrogen and oxygen atoms in total. The van der Waals surface area contributed by atoms with Crippen molar-refractivity contribution in [2.24, 2.45) is 0 Å². The molecule has 0 fully saturated rings. The summed E-state index contributed by atoms with van der Waals surface area (Å²) in [6, 6.07) is 8.65. The van der Waals surface area contributed by atoms with Gasteiger partial charge in [-0.2, -0.15) is 0 Å². The van der Waals surface area contributed by atoms with E-state index in [2.05, 4.69) is 14.9 Å². The largest absolute Gasteiger partial charge is 0.461 e. The highest BCUT2D eigenvalue weighted by Gasteiger charge is 2.22. The van der Waals surface area contributed by atoms with Gasteiger partial charge >= 0.3 is 0 Å². The predicted molar refractivity (Wildman–Crippen MR) is 91.5 cm³/mol. The van der Waals surface area contributed by atoms with E-state index < -0.39 is 0 Å². The molecule has 6 heteroatoms. The Balaban J connectivity index is 1.59. The molecule has 0 bridgehead atoms. The van der Waals surface area contributed by atoms with Gasteiger partial charge in [-0.1, -0.05) is 12.1 Å². The van der Waals surface area contributed by atoms with Gasteiger partial charge in [0, 0.05) is 26.1 Å². The van der Waals surface area contributed by atoms with Gasteiger partial charge in [-0.15, -0.1) is 0 Å². The number of aromatic amines is 1. The predicted octanol–water partition coefficient (Wildman–Crippen LogP) is 3.04. The minimum absolute atomic E-state index is 0.142. The Bertz CT molecular complexity index is 963. The molecule has 0 amide bonds. The van der Waals surface area contributed by atoms with Crippen molar-refractivity contribution in [3.05, 3.63) is 75.2 Å². The maximum Gasteiger partial charge on any atom is 0.256 e. The maximum absolute atomic E-state index is 13.7. The summed E-state index contributed by atoms with van der Waals surface area (Å²) in [5.41, 5.74) is 2.95. The molecule has 0 radical (unpaired) electrons. The third kappa shape index (κ3) is 3.00. The maximum atomic E-state index is 13.7. The number of benzene rings is 1. The van der Waals surface area contributed by atoms with Crippen LogP contribution in [0.4, 0.5) is 4.39 Å². The van der Waals surface area contributed by atoms with Crippen molar-refractivity contribution in [1.82, 2.24) is 14.9 Å². The molecule has 1 N–H and O–H groups in total. The summed E-state index contributed by atoms with van der Waals surface area (Å²) in [5.74, 6) is 0.818. The van der Waals surface area contributed by atoms with Gasteiger partial charge in [-0.05, 0) is 36.2 Å². The third-order valence-corrected chi connectivity index (χ3v) is 4.68. The molecule has 0 saturated heterocycles.